The molecule has 2 heterocycles. The highest BCUT2D eigenvalue weighted by molar-refractivity contribution is 6.13. The van der Waals surface area contributed by atoms with Crippen LogP contribution in [-0.4, -0.2) is 29.5 Å². The molecule has 6 heteroatoms. The number of carbonyl (C=O) groups excluding carboxylic acids is 2. The van der Waals surface area contributed by atoms with Gasteiger partial charge in [0.1, 0.15) is 6.42 Å². The number of rotatable bonds is 2. The molecule has 4 N–H and O–H groups in total. The van der Waals surface area contributed by atoms with Crippen molar-refractivity contribution in [3.8, 4) is 0 Å². The van der Waals surface area contributed by atoms with E-state index in [4.69, 9.17) is 0 Å². The summed E-state index contributed by atoms with van der Waals surface area (Å²) in [7, 11) is 0. The summed E-state index contributed by atoms with van der Waals surface area (Å²) in [5.74, 6) is -0.668. The number of fused-ring (bicyclic) bond motifs is 1. The molecule has 0 aromatic heterocycles. The summed E-state index contributed by atoms with van der Waals surface area (Å²) < 4.78 is 0. The highest BCUT2D eigenvalue weighted by Gasteiger charge is 2.25. The number of hydrogen-bond donors (Lipinski definition) is 4. The average molecular weight is 275 g/mol. The van der Waals surface area contributed by atoms with E-state index in [-0.39, 0.29) is 24.3 Å². The monoisotopic (exact) mass is 275 g/mol. The van der Waals surface area contributed by atoms with Crippen molar-refractivity contribution in [2.45, 2.75) is 31.4 Å². The zero-order valence-electron chi connectivity index (χ0n) is 11.0. The van der Waals surface area contributed by atoms with Gasteiger partial charge in [-0.15, -0.1) is 0 Å². The Morgan fingerprint density at radius 3 is 2.60 bits per heavy atom. The molecule has 1 fully saturated rings. The minimum Gasteiger partial charge on any atom is -0.387 e. The van der Waals surface area contributed by atoms with Crippen molar-refractivity contribution in [3.63, 3.8) is 0 Å². The van der Waals surface area contributed by atoms with Gasteiger partial charge in [0, 0.05) is 6.04 Å². The summed E-state index contributed by atoms with van der Waals surface area (Å²) in [6, 6.07) is 5.26. The van der Waals surface area contributed by atoms with E-state index < -0.39 is 6.10 Å². The average Bonchev–Trinajstić information content (AvgIpc) is 2.88. The molecule has 0 radical (unpaired) electrons. The number of carbonyl (C=O) groups is 2. The zero-order chi connectivity index (χ0) is 14.1. The van der Waals surface area contributed by atoms with Gasteiger partial charge in [-0.2, -0.15) is 0 Å². The summed E-state index contributed by atoms with van der Waals surface area (Å²) in [6.07, 6.45) is 1.19. The SMILES string of the molecule is O=C1CC(=O)Nc2cc(C(O)C3CCCN3)ccc2N1. The molecular formula is C14H17N3O3. The van der Waals surface area contributed by atoms with Gasteiger partial charge in [0.2, 0.25) is 11.8 Å². The molecule has 0 saturated carbocycles. The number of amides is 2. The molecule has 1 aromatic rings. The van der Waals surface area contributed by atoms with Gasteiger partial charge in [0.15, 0.2) is 0 Å². The van der Waals surface area contributed by atoms with Crippen LogP contribution in [0.3, 0.4) is 0 Å². The standard InChI is InChI=1S/C14H17N3O3/c18-12-7-13(19)17-11-6-8(3-4-9(11)16-12)14(20)10-2-1-5-15-10/h3-4,6,10,14-15,20H,1-2,5,7H2,(H,16,18)(H,17,19). The quantitative estimate of drug-likeness (QED) is 0.600. The Hall–Kier alpha value is -1.92. The van der Waals surface area contributed by atoms with Crippen LogP contribution < -0.4 is 16.0 Å². The van der Waals surface area contributed by atoms with E-state index in [9.17, 15) is 14.7 Å². The molecule has 2 amide bonds. The second-order valence-corrected chi connectivity index (χ2v) is 5.23. The van der Waals surface area contributed by atoms with Crippen LogP contribution in [0, 0.1) is 0 Å². The van der Waals surface area contributed by atoms with E-state index in [0.717, 1.165) is 24.9 Å². The van der Waals surface area contributed by atoms with E-state index >= 15 is 0 Å². The first-order valence-corrected chi connectivity index (χ1v) is 6.78. The highest BCUT2D eigenvalue weighted by Crippen LogP contribution is 2.30. The largest absolute Gasteiger partial charge is 0.387 e. The molecule has 0 bridgehead atoms. The topological polar surface area (TPSA) is 90.5 Å². The molecule has 106 valence electrons. The van der Waals surface area contributed by atoms with E-state index in [1.54, 1.807) is 18.2 Å². The van der Waals surface area contributed by atoms with Gasteiger partial charge in [-0.1, -0.05) is 6.07 Å². The fourth-order valence-electron chi connectivity index (χ4n) is 2.71. The molecule has 2 unspecified atom stereocenters. The molecule has 20 heavy (non-hydrogen) atoms. The lowest BCUT2D eigenvalue weighted by Gasteiger charge is -2.20. The smallest absolute Gasteiger partial charge is 0.233 e. The lowest BCUT2D eigenvalue weighted by molar-refractivity contribution is -0.123. The van der Waals surface area contributed by atoms with Crippen LogP contribution in [0.1, 0.15) is 30.9 Å². The fraction of sp³-hybridized carbons (Fsp3) is 0.429. The second-order valence-electron chi connectivity index (χ2n) is 5.23. The number of aliphatic hydroxyl groups excluding tert-OH is 1. The van der Waals surface area contributed by atoms with Crippen molar-refractivity contribution < 1.29 is 14.7 Å². The zero-order valence-corrected chi connectivity index (χ0v) is 11.0. The van der Waals surface area contributed by atoms with Crippen LogP contribution in [0.2, 0.25) is 0 Å². The lowest BCUT2D eigenvalue weighted by Crippen LogP contribution is -2.28. The first-order chi connectivity index (χ1) is 9.63. The van der Waals surface area contributed by atoms with E-state index in [1.165, 1.54) is 0 Å². The van der Waals surface area contributed by atoms with Gasteiger partial charge in [0.25, 0.3) is 0 Å². The Labute approximate surface area is 116 Å². The molecule has 2 atom stereocenters. The van der Waals surface area contributed by atoms with E-state index in [0.29, 0.717) is 11.4 Å². The van der Waals surface area contributed by atoms with E-state index in [1.807, 2.05) is 0 Å². The minimum absolute atomic E-state index is 0.0455. The molecule has 1 saturated heterocycles. The second kappa shape index (κ2) is 5.22. The van der Waals surface area contributed by atoms with Crippen molar-refractivity contribution in [3.05, 3.63) is 23.8 Å². The highest BCUT2D eigenvalue weighted by atomic mass is 16.3. The summed E-state index contributed by atoms with van der Waals surface area (Å²) in [5.41, 5.74) is 1.84. The van der Waals surface area contributed by atoms with Crippen molar-refractivity contribution in [1.82, 2.24) is 5.32 Å². The number of anilines is 2. The van der Waals surface area contributed by atoms with Crippen molar-refractivity contribution in [2.24, 2.45) is 0 Å². The molecule has 2 aliphatic heterocycles. The fourth-order valence-corrected chi connectivity index (χ4v) is 2.71. The third-order valence-electron chi connectivity index (χ3n) is 3.73. The first-order valence-electron chi connectivity index (χ1n) is 6.78. The molecule has 0 aliphatic carbocycles. The van der Waals surface area contributed by atoms with Crippen molar-refractivity contribution >= 4 is 23.2 Å². The van der Waals surface area contributed by atoms with Gasteiger partial charge in [-0.05, 0) is 37.1 Å². The Balaban J connectivity index is 1.88. The molecule has 3 rings (SSSR count). The third kappa shape index (κ3) is 2.52. The lowest BCUT2D eigenvalue weighted by atomic mass is 10.00. The molecule has 2 aliphatic rings. The Morgan fingerprint density at radius 2 is 1.90 bits per heavy atom. The number of benzene rings is 1. The van der Waals surface area contributed by atoms with Crippen LogP contribution in [-0.2, 0) is 9.59 Å². The summed E-state index contributed by atoms with van der Waals surface area (Å²) >= 11 is 0. The van der Waals surface area contributed by atoms with Gasteiger partial charge in [-0.25, -0.2) is 0 Å². The van der Waals surface area contributed by atoms with Gasteiger partial charge in [0.05, 0.1) is 17.5 Å². The van der Waals surface area contributed by atoms with Crippen molar-refractivity contribution in [2.75, 3.05) is 17.2 Å². The van der Waals surface area contributed by atoms with Gasteiger partial charge >= 0.3 is 0 Å². The molecule has 0 spiro atoms. The number of aliphatic hydroxyl groups is 1. The van der Waals surface area contributed by atoms with Crippen LogP contribution in [0.4, 0.5) is 11.4 Å². The summed E-state index contributed by atoms with van der Waals surface area (Å²) in [5, 5.41) is 19.0. The van der Waals surface area contributed by atoms with Crippen LogP contribution in [0.5, 0.6) is 0 Å². The Morgan fingerprint density at radius 1 is 1.15 bits per heavy atom. The minimum atomic E-state index is -0.612. The van der Waals surface area contributed by atoms with Crippen LogP contribution in [0.25, 0.3) is 0 Å². The maximum atomic E-state index is 11.5. The Kier molecular flexibility index (Phi) is 3.42. The molecule has 6 nitrogen and oxygen atoms in total. The summed E-state index contributed by atoms with van der Waals surface area (Å²) in [6.45, 7) is 0.916. The third-order valence-corrected chi connectivity index (χ3v) is 3.73. The van der Waals surface area contributed by atoms with Crippen molar-refractivity contribution in [1.29, 1.82) is 0 Å². The normalized spacial score (nSPS) is 23.6. The molecule has 1 aromatic carbocycles. The maximum Gasteiger partial charge on any atom is 0.233 e. The van der Waals surface area contributed by atoms with Gasteiger partial charge in [-0.3, -0.25) is 9.59 Å². The Bertz CT molecular complexity index is 553. The number of nitrogens with one attached hydrogen (secondary N) is 3. The predicted molar refractivity (Wildman–Crippen MR) is 74.3 cm³/mol. The van der Waals surface area contributed by atoms with Gasteiger partial charge < -0.3 is 21.1 Å². The van der Waals surface area contributed by atoms with E-state index in [2.05, 4.69) is 16.0 Å². The summed E-state index contributed by atoms with van der Waals surface area (Å²) in [4.78, 5) is 23.0. The maximum absolute atomic E-state index is 11.5. The predicted octanol–water partition coefficient (Wildman–Crippen LogP) is 0.753. The first kappa shape index (κ1) is 13.1. The molecular weight excluding hydrogens is 258 g/mol. The van der Waals surface area contributed by atoms with Crippen LogP contribution >= 0.6 is 0 Å². The number of hydrogen-bond acceptors (Lipinski definition) is 4. The van der Waals surface area contributed by atoms with Crippen LogP contribution in [0.15, 0.2) is 18.2 Å².